The highest BCUT2D eigenvalue weighted by Crippen LogP contribution is 2.20. The molecule has 2 aromatic heterocycles. The molecule has 0 bridgehead atoms. The number of pyridine rings is 1. The zero-order valence-electron chi connectivity index (χ0n) is 17.8. The molecule has 2 amide bonds. The van der Waals surface area contributed by atoms with Crippen LogP contribution in [-0.2, 0) is 11.2 Å². The minimum atomic E-state index is -0.259. The van der Waals surface area contributed by atoms with E-state index >= 15 is 0 Å². The minimum absolute atomic E-state index is 0.165. The van der Waals surface area contributed by atoms with Crippen molar-refractivity contribution >= 4 is 23.2 Å². The highest BCUT2D eigenvalue weighted by Gasteiger charge is 2.12. The van der Waals surface area contributed by atoms with Gasteiger partial charge in [-0.2, -0.15) is 4.98 Å². The number of nitrogens with one attached hydrogen (secondary N) is 2. The number of nitrogens with zero attached hydrogens (tertiary/aromatic N) is 3. The first kappa shape index (κ1) is 21.7. The van der Waals surface area contributed by atoms with Gasteiger partial charge in [0.15, 0.2) is 0 Å². The Balaban J connectivity index is 1.31. The average molecular weight is 443 g/mol. The Hall–Kier alpha value is -4.53. The van der Waals surface area contributed by atoms with Gasteiger partial charge in [-0.1, -0.05) is 11.2 Å². The topological polar surface area (TPSA) is 119 Å². The van der Waals surface area contributed by atoms with Gasteiger partial charge in [0.2, 0.25) is 17.6 Å². The molecule has 0 fully saturated rings. The van der Waals surface area contributed by atoms with E-state index in [-0.39, 0.29) is 18.2 Å². The van der Waals surface area contributed by atoms with E-state index in [0.29, 0.717) is 35.1 Å². The molecule has 4 aromatic rings. The molecule has 0 spiro atoms. The number of aromatic nitrogens is 3. The Bertz CT molecular complexity index is 1240. The molecule has 0 aliphatic carbocycles. The smallest absolute Gasteiger partial charge is 0.255 e. The number of amides is 2. The van der Waals surface area contributed by atoms with Crippen molar-refractivity contribution in [3.8, 4) is 17.1 Å². The Morgan fingerprint density at radius 2 is 1.70 bits per heavy atom. The van der Waals surface area contributed by atoms with Gasteiger partial charge in [0, 0.05) is 47.7 Å². The molecule has 0 unspecified atom stereocenters. The fourth-order valence-electron chi connectivity index (χ4n) is 3.04. The monoisotopic (exact) mass is 443 g/mol. The molecule has 0 saturated heterocycles. The van der Waals surface area contributed by atoms with Crippen LogP contribution < -0.4 is 15.4 Å². The van der Waals surface area contributed by atoms with Crippen molar-refractivity contribution in [2.24, 2.45) is 0 Å². The van der Waals surface area contributed by atoms with Gasteiger partial charge in [-0.3, -0.25) is 14.6 Å². The van der Waals surface area contributed by atoms with Gasteiger partial charge in [0.05, 0.1) is 7.11 Å². The third kappa shape index (κ3) is 5.79. The lowest BCUT2D eigenvalue weighted by molar-refractivity contribution is -0.116. The van der Waals surface area contributed by atoms with Crippen LogP contribution in [0.2, 0.25) is 0 Å². The molecule has 2 aromatic carbocycles. The Labute approximate surface area is 189 Å². The number of aryl methyl sites for hydroxylation is 1. The molecule has 0 saturated carbocycles. The van der Waals surface area contributed by atoms with E-state index in [0.717, 1.165) is 11.3 Å². The average Bonchev–Trinajstić information content (AvgIpc) is 3.33. The third-order valence-corrected chi connectivity index (χ3v) is 4.73. The summed E-state index contributed by atoms with van der Waals surface area (Å²) in [5, 5.41) is 9.57. The van der Waals surface area contributed by atoms with E-state index < -0.39 is 0 Å². The minimum Gasteiger partial charge on any atom is -0.497 e. The van der Waals surface area contributed by atoms with Gasteiger partial charge in [0.1, 0.15) is 5.75 Å². The van der Waals surface area contributed by atoms with Crippen LogP contribution in [0.4, 0.5) is 11.4 Å². The number of anilines is 2. The number of benzene rings is 2. The molecule has 166 valence electrons. The summed E-state index contributed by atoms with van der Waals surface area (Å²) in [6.45, 7) is 0. The van der Waals surface area contributed by atoms with Crippen molar-refractivity contribution in [1.82, 2.24) is 15.1 Å². The van der Waals surface area contributed by atoms with Crippen LogP contribution in [0.1, 0.15) is 22.7 Å². The summed E-state index contributed by atoms with van der Waals surface area (Å²) in [5.41, 5.74) is 2.42. The number of carbonyl (C=O) groups is 2. The molecule has 2 heterocycles. The fraction of sp³-hybridized carbons (Fsp3) is 0.125. The van der Waals surface area contributed by atoms with E-state index in [4.69, 9.17) is 9.26 Å². The van der Waals surface area contributed by atoms with Crippen molar-refractivity contribution in [3.63, 3.8) is 0 Å². The van der Waals surface area contributed by atoms with Gasteiger partial charge in [-0.15, -0.1) is 0 Å². The van der Waals surface area contributed by atoms with Crippen molar-refractivity contribution in [3.05, 3.63) is 84.5 Å². The van der Waals surface area contributed by atoms with Crippen molar-refractivity contribution in [1.29, 1.82) is 0 Å². The van der Waals surface area contributed by atoms with Crippen LogP contribution in [-0.4, -0.2) is 34.0 Å². The summed E-state index contributed by atoms with van der Waals surface area (Å²) in [6.07, 6.45) is 3.56. The van der Waals surface area contributed by atoms with Gasteiger partial charge in [-0.05, 0) is 54.6 Å². The molecule has 0 aliphatic heterocycles. The lowest BCUT2D eigenvalue weighted by Crippen LogP contribution is -2.14. The molecule has 0 aliphatic rings. The first-order valence-electron chi connectivity index (χ1n) is 10.2. The number of methoxy groups -OCH3 is 1. The SMILES string of the molecule is COc1ccc(-c2noc(CCC(=O)Nc3cccc(NC(=O)c4ccncc4)c3)n2)cc1. The standard InChI is InChI=1S/C24H21N5O4/c1-32-20-7-5-16(6-8-20)23-28-22(33-29-23)10-9-21(30)26-18-3-2-4-19(15-18)27-24(31)17-11-13-25-14-12-17/h2-8,11-15H,9-10H2,1H3,(H,26,30)(H,27,31). The molecule has 2 N–H and O–H groups in total. The van der Waals surface area contributed by atoms with Crippen LogP contribution in [0.3, 0.4) is 0 Å². The number of carbonyl (C=O) groups excluding carboxylic acids is 2. The van der Waals surface area contributed by atoms with Crippen LogP contribution in [0.25, 0.3) is 11.4 Å². The van der Waals surface area contributed by atoms with Crippen LogP contribution in [0.15, 0.2) is 77.6 Å². The van der Waals surface area contributed by atoms with Crippen molar-refractivity contribution in [2.45, 2.75) is 12.8 Å². The largest absolute Gasteiger partial charge is 0.497 e. The normalized spacial score (nSPS) is 10.5. The summed E-state index contributed by atoms with van der Waals surface area (Å²) in [4.78, 5) is 32.9. The summed E-state index contributed by atoms with van der Waals surface area (Å²) in [5.74, 6) is 1.09. The van der Waals surface area contributed by atoms with Gasteiger partial charge < -0.3 is 19.9 Å². The summed E-state index contributed by atoms with van der Waals surface area (Å²) in [7, 11) is 1.60. The first-order chi connectivity index (χ1) is 16.1. The third-order valence-electron chi connectivity index (χ3n) is 4.73. The Kier molecular flexibility index (Phi) is 6.70. The second-order valence-electron chi connectivity index (χ2n) is 7.06. The Morgan fingerprint density at radius 3 is 2.42 bits per heavy atom. The van der Waals surface area contributed by atoms with E-state index in [1.54, 1.807) is 55.9 Å². The van der Waals surface area contributed by atoms with E-state index in [1.165, 1.54) is 0 Å². The summed E-state index contributed by atoms with van der Waals surface area (Å²) >= 11 is 0. The van der Waals surface area contributed by atoms with Crippen LogP contribution in [0, 0.1) is 0 Å². The molecule has 9 nitrogen and oxygen atoms in total. The van der Waals surface area contributed by atoms with E-state index in [2.05, 4.69) is 25.8 Å². The maximum atomic E-state index is 12.4. The number of hydrogen-bond acceptors (Lipinski definition) is 7. The van der Waals surface area contributed by atoms with Gasteiger partial charge >= 0.3 is 0 Å². The van der Waals surface area contributed by atoms with Gasteiger partial charge in [-0.25, -0.2) is 0 Å². The van der Waals surface area contributed by atoms with Gasteiger partial charge in [0.25, 0.3) is 5.91 Å². The maximum Gasteiger partial charge on any atom is 0.255 e. The van der Waals surface area contributed by atoms with E-state index in [1.807, 2.05) is 24.3 Å². The fourth-order valence-corrected chi connectivity index (χ4v) is 3.04. The molecular formula is C24H21N5O4. The Morgan fingerprint density at radius 1 is 0.970 bits per heavy atom. The molecule has 0 radical (unpaired) electrons. The highest BCUT2D eigenvalue weighted by atomic mass is 16.5. The van der Waals surface area contributed by atoms with Crippen LogP contribution in [0.5, 0.6) is 5.75 Å². The second kappa shape index (κ2) is 10.2. The number of ether oxygens (including phenoxy) is 1. The predicted octanol–water partition coefficient (Wildman–Crippen LogP) is 3.96. The van der Waals surface area contributed by atoms with E-state index in [9.17, 15) is 9.59 Å². The number of rotatable bonds is 8. The highest BCUT2D eigenvalue weighted by molar-refractivity contribution is 6.04. The molecule has 0 atom stereocenters. The summed E-state index contributed by atoms with van der Waals surface area (Å²) in [6, 6.07) is 17.5. The maximum absolute atomic E-state index is 12.4. The lowest BCUT2D eigenvalue weighted by atomic mass is 10.2. The van der Waals surface area contributed by atoms with Crippen molar-refractivity contribution in [2.75, 3.05) is 17.7 Å². The zero-order chi connectivity index (χ0) is 23.0. The summed E-state index contributed by atoms with van der Waals surface area (Å²) < 4.78 is 10.4. The second-order valence-corrected chi connectivity index (χ2v) is 7.06. The molecule has 9 heteroatoms. The van der Waals surface area contributed by atoms with Crippen LogP contribution >= 0.6 is 0 Å². The quantitative estimate of drug-likeness (QED) is 0.423. The number of hydrogen-bond donors (Lipinski definition) is 2. The zero-order valence-corrected chi connectivity index (χ0v) is 17.8. The first-order valence-corrected chi connectivity index (χ1v) is 10.2. The molecule has 4 rings (SSSR count). The lowest BCUT2D eigenvalue weighted by Gasteiger charge is -2.08. The predicted molar refractivity (Wildman–Crippen MR) is 122 cm³/mol. The van der Waals surface area contributed by atoms with Crippen molar-refractivity contribution < 1.29 is 18.8 Å². The molecule has 33 heavy (non-hydrogen) atoms. The molecular weight excluding hydrogens is 422 g/mol.